The molecule has 0 saturated carbocycles. The minimum Gasteiger partial charge on any atom is -0.356 e. The molecule has 1 amide bonds. The first-order chi connectivity index (χ1) is 7.95. The van der Waals surface area contributed by atoms with Gasteiger partial charge in [-0.15, -0.1) is 0 Å². The van der Waals surface area contributed by atoms with Crippen LogP contribution < -0.4 is 5.32 Å². The fourth-order valence-corrected chi connectivity index (χ4v) is 2.64. The summed E-state index contributed by atoms with van der Waals surface area (Å²) in [4.78, 5) is 11.4. The monoisotopic (exact) mass is 275 g/mol. The molecule has 0 aliphatic carbocycles. The highest BCUT2D eigenvalue weighted by atomic mass is 35.5. The number of sulfone groups is 1. The molecule has 1 N–H and O–H groups in total. The number of rotatable bonds is 5. The van der Waals surface area contributed by atoms with Crippen molar-refractivity contribution >= 4 is 27.3 Å². The molecule has 1 rings (SSSR count). The molecule has 0 fully saturated rings. The first-order valence-corrected chi connectivity index (χ1v) is 7.24. The Labute approximate surface area is 106 Å². The second-order valence-electron chi connectivity index (χ2n) is 3.48. The molecule has 1 aromatic rings. The standard InChI is InChI=1S/C11H14ClNO3S/c1-2-13-11(14)7-8-17(15,16)10-5-3-9(12)4-6-10/h3-6H,2,7-8H2,1H3,(H,13,14). The Morgan fingerprint density at radius 3 is 2.41 bits per heavy atom. The second-order valence-corrected chi connectivity index (χ2v) is 6.02. The van der Waals surface area contributed by atoms with Gasteiger partial charge in [-0.05, 0) is 31.2 Å². The topological polar surface area (TPSA) is 63.2 Å². The normalized spacial score (nSPS) is 11.2. The molecule has 0 radical (unpaired) electrons. The van der Waals surface area contributed by atoms with Gasteiger partial charge in [-0.3, -0.25) is 4.79 Å². The van der Waals surface area contributed by atoms with Crippen molar-refractivity contribution in [3.63, 3.8) is 0 Å². The molecular weight excluding hydrogens is 262 g/mol. The van der Waals surface area contributed by atoms with Crippen LogP contribution >= 0.6 is 11.6 Å². The molecule has 0 unspecified atom stereocenters. The zero-order valence-electron chi connectivity index (χ0n) is 9.44. The zero-order chi connectivity index (χ0) is 12.9. The number of halogens is 1. The van der Waals surface area contributed by atoms with Crippen LogP contribution in [-0.2, 0) is 14.6 Å². The molecule has 6 heteroatoms. The summed E-state index contributed by atoms with van der Waals surface area (Å²) >= 11 is 5.67. The van der Waals surface area contributed by atoms with Crippen LogP contribution in [0.1, 0.15) is 13.3 Å². The first kappa shape index (κ1) is 14.0. The van der Waals surface area contributed by atoms with Crippen LogP contribution in [0.3, 0.4) is 0 Å². The van der Waals surface area contributed by atoms with Crippen LogP contribution in [0.25, 0.3) is 0 Å². The fraction of sp³-hybridized carbons (Fsp3) is 0.364. The summed E-state index contributed by atoms with van der Waals surface area (Å²) in [6.45, 7) is 2.28. The minimum absolute atomic E-state index is 0.0290. The molecule has 17 heavy (non-hydrogen) atoms. The van der Waals surface area contributed by atoms with Gasteiger partial charge in [0.05, 0.1) is 10.6 Å². The molecule has 94 valence electrons. The number of amides is 1. The third-order valence-corrected chi connectivity index (χ3v) is 4.13. The number of carbonyl (C=O) groups is 1. The SMILES string of the molecule is CCNC(=O)CCS(=O)(=O)c1ccc(Cl)cc1. The van der Waals surface area contributed by atoms with Gasteiger partial charge in [-0.2, -0.15) is 0 Å². The molecule has 1 aromatic carbocycles. The number of hydrogen-bond acceptors (Lipinski definition) is 3. The van der Waals surface area contributed by atoms with Crippen molar-refractivity contribution in [1.29, 1.82) is 0 Å². The summed E-state index contributed by atoms with van der Waals surface area (Å²) in [6.07, 6.45) is -0.0290. The Hall–Kier alpha value is -1.07. The molecular formula is C11H14ClNO3S. The zero-order valence-corrected chi connectivity index (χ0v) is 11.0. The van der Waals surface area contributed by atoms with Crippen LogP contribution in [0.2, 0.25) is 5.02 Å². The van der Waals surface area contributed by atoms with Gasteiger partial charge in [0.25, 0.3) is 0 Å². The van der Waals surface area contributed by atoms with Gasteiger partial charge in [-0.1, -0.05) is 11.6 Å². The predicted molar refractivity (Wildman–Crippen MR) is 66.8 cm³/mol. The summed E-state index contributed by atoms with van der Waals surface area (Å²) in [7, 11) is -3.41. The maximum absolute atomic E-state index is 11.8. The quantitative estimate of drug-likeness (QED) is 0.889. The van der Waals surface area contributed by atoms with Gasteiger partial charge < -0.3 is 5.32 Å². The van der Waals surface area contributed by atoms with Crippen LogP contribution in [0.4, 0.5) is 0 Å². The molecule has 0 atom stereocenters. The van der Waals surface area contributed by atoms with E-state index in [2.05, 4.69) is 5.32 Å². The van der Waals surface area contributed by atoms with E-state index in [1.807, 2.05) is 0 Å². The maximum Gasteiger partial charge on any atom is 0.221 e. The van der Waals surface area contributed by atoms with Crippen LogP contribution in [0, 0.1) is 0 Å². The lowest BCUT2D eigenvalue weighted by atomic mass is 10.4. The van der Waals surface area contributed by atoms with Gasteiger partial charge in [0.1, 0.15) is 0 Å². The van der Waals surface area contributed by atoms with Crippen LogP contribution in [0.15, 0.2) is 29.2 Å². The summed E-state index contributed by atoms with van der Waals surface area (Å²) in [5.41, 5.74) is 0. The molecule has 0 aromatic heterocycles. The van der Waals surface area contributed by atoms with E-state index in [1.165, 1.54) is 24.3 Å². The van der Waals surface area contributed by atoms with Crippen molar-refractivity contribution < 1.29 is 13.2 Å². The first-order valence-electron chi connectivity index (χ1n) is 5.20. The van der Waals surface area contributed by atoms with Crippen molar-refractivity contribution in [1.82, 2.24) is 5.32 Å². The largest absolute Gasteiger partial charge is 0.356 e. The fourth-order valence-electron chi connectivity index (χ4n) is 1.27. The number of hydrogen-bond donors (Lipinski definition) is 1. The molecule has 0 aliphatic rings. The maximum atomic E-state index is 11.8. The minimum atomic E-state index is -3.41. The highest BCUT2D eigenvalue weighted by Crippen LogP contribution is 2.15. The highest BCUT2D eigenvalue weighted by molar-refractivity contribution is 7.91. The predicted octanol–water partition coefficient (Wildman–Crippen LogP) is 1.64. The Bertz CT molecular complexity index is 482. The van der Waals surface area contributed by atoms with Crippen molar-refractivity contribution in [2.75, 3.05) is 12.3 Å². The van der Waals surface area contributed by atoms with E-state index < -0.39 is 9.84 Å². The van der Waals surface area contributed by atoms with E-state index in [0.717, 1.165) is 0 Å². The number of carbonyl (C=O) groups excluding carboxylic acids is 1. The van der Waals surface area contributed by atoms with Crippen molar-refractivity contribution in [3.8, 4) is 0 Å². The van der Waals surface area contributed by atoms with E-state index in [0.29, 0.717) is 11.6 Å². The second kappa shape index (κ2) is 6.02. The summed E-state index contributed by atoms with van der Waals surface area (Å²) in [5.74, 6) is -0.453. The molecule has 4 nitrogen and oxygen atoms in total. The van der Waals surface area contributed by atoms with Crippen LogP contribution in [-0.4, -0.2) is 26.6 Å². The van der Waals surface area contributed by atoms with Gasteiger partial charge in [-0.25, -0.2) is 8.42 Å². The molecule has 0 saturated heterocycles. The average Bonchev–Trinajstić information content (AvgIpc) is 2.28. The van der Waals surface area contributed by atoms with Gasteiger partial charge in [0.2, 0.25) is 5.91 Å². The van der Waals surface area contributed by atoms with Crippen molar-refractivity contribution in [2.45, 2.75) is 18.2 Å². The van der Waals surface area contributed by atoms with Crippen molar-refractivity contribution in [3.05, 3.63) is 29.3 Å². The number of benzene rings is 1. The summed E-state index contributed by atoms with van der Waals surface area (Å²) in [6, 6.07) is 5.91. The van der Waals surface area contributed by atoms with E-state index in [1.54, 1.807) is 6.92 Å². The third-order valence-electron chi connectivity index (χ3n) is 2.14. The van der Waals surface area contributed by atoms with Crippen molar-refractivity contribution in [2.24, 2.45) is 0 Å². The lowest BCUT2D eigenvalue weighted by molar-refractivity contribution is -0.120. The molecule has 0 aliphatic heterocycles. The Morgan fingerprint density at radius 2 is 1.88 bits per heavy atom. The van der Waals surface area contributed by atoms with E-state index in [9.17, 15) is 13.2 Å². The van der Waals surface area contributed by atoms with E-state index in [4.69, 9.17) is 11.6 Å². The van der Waals surface area contributed by atoms with E-state index in [-0.39, 0.29) is 23.0 Å². The summed E-state index contributed by atoms with van der Waals surface area (Å²) < 4.78 is 23.7. The third kappa shape index (κ3) is 4.36. The highest BCUT2D eigenvalue weighted by Gasteiger charge is 2.15. The lowest BCUT2D eigenvalue weighted by Gasteiger charge is -2.04. The Kier molecular flexibility index (Phi) is 4.96. The molecule has 0 bridgehead atoms. The Morgan fingerprint density at radius 1 is 1.29 bits per heavy atom. The summed E-state index contributed by atoms with van der Waals surface area (Å²) in [5, 5.41) is 3.03. The Balaban J connectivity index is 2.69. The van der Waals surface area contributed by atoms with E-state index >= 15 is 0 Å². The number of nitrogens with one attached hydrogen (secondary N) is 1. The molecule has 0 heterocycles. The van der Waals surface area contributed by atoms with Gasteiger partial charge >= 0.3 is 0 Å². The smallest absolute Gasteiger partial charge is 0.221 e. The van der Waals surface area contributed by atoms with Gasteiger partial charge in [0.15, 0.2) is 9.84 Å². The average molecular weight is 276 g/mol. The molecule has 0 spiro atoms. The lowest BCUT2D eigenvalue weighted by Crippen LogP contribution is -2.25. The van der Waals surface area contributed by atoms with Gasteiger partial charge in [0, 0.05) is 18.0 Å². The van der Waals surface area contributed by atoms with Crippen LogP contribution in [0.5, 0.6) is 0 Å².